The third-order valence-electron chi connectivity index (χ3n) is 6.42. The van der Waals surface area contributed by atoms with Crippen LogP contribution in [0.2, 0.25) is 0 Å². The highest BCUT2D eigenvalue weighted by Gasteiger charge is 2.46. The molecule has 36 heavy (non-hydrogen) atoms. The second-order valence-electron chi connectivity index (χ2n) is 8.53. The van der Waals surface area contributed by atoms with Gasteiger partial charge in [-0.25, -0.2) is 8.78 Å². The van der Waals surface area contributed by atoms with Gasteiger partial charge in [0.1, 0.15) is 23.1 Å². The molecule has 1 atom stereocenters. The van der Waals surface area contributed by atoms with Crippen molar-refractivity contribution in [1.29, 1.82) is 0 Å². The monoisotopic (exact) mass is 488 g/mol. The number of likely N-dealkylation sites (tertiary alicyclic amines) is 1. The number of rotatable bonds is 6. The zero-order valence-electron chi connectivity index (χ0n) is 19.3. The molecule has 1 fully saturated rings. The molecular formula is C28H22F2N2O4. The Morgan fingerprint density at radius 1 is 1.03 bits per heavy atom. The second kappa shape index (κ2) is 9.30. The molecule has 3 aromatic carbocycles. The van der Waals surface area contributed by atoms with E-state index < -0.39 is 35.1 Å². The quantitative estimate of drug-likeness (QED) is 0.224. The summed E-state index contributed by atoms with van der Waals surface area (Å²) in [5, 5.41) is 11.9. The number of fused-ring (bicyclic) bond motifs is 1. The van der Waals surface area contributed by atoms with Crippen LogP contribution in [0.15, 0.2) is 78.5 Å². The average Bonchev–Trinajstić information content (AvgIpc) is 3.40. The molecule has 0 radical (unpaired) electrons. The van der Waals surface area contributed by atoms with Crippen molar-refractivity contribution >= 4 is 28.4 Å². The molecule has 0 bridgehead atoms. The number of benzene rings is 3. The molecule has 5 rings (SSSR count). The van der Waals surface area contributed by atoms with Gasteiger partial charge in [0.25, 0.3) is 11.7 Å². The molecule has 1 unspecified atom stereocenters. The van der Waals surface area contributed by atoms with Crippen LogP contribution in [-0.4, -0.2) is 40.3 Å². The van der Waals surface area contributed by atoms with Gasteiger partial charge in [-0.05, 0) is 72.1 Å². The summed E-state index contributed by atoms with van der Waals surface area (Å²) < 4.78 is 32.9. The summed E-state index contributed by atoms with van der Waals surface area (Å²) in [6.07, 6.45) is 2.22. The van der Waals surface area contributed by atoms with Crippen molar-refractivity contribution in [2.75, 3.05) is 13.7 Å². The third-order valence-corrected chi connectivity index (χ3v) is 6.42. The number of nitrogens with zero attached hydrogens (tertiary/aromatic N) is 1. The van der Waals surface area contributed by atoms with Gasteiger partial charge in [-0.3, -0.25) is 9.59 Å². The van der Waals surface area contributed by atoms with E-state index in [1.165, 1.54) is 35.2 Å². The largest absolute Gasteiger partial charge is 0.507 e. The Balaban J connectivity index is 1.56. The van der Waals surface area contributed by atoms with Crippen molar-refractivity contribution in [2.45, 2.75) is 12.5 Å². The van der Waals surface area contributed by atoms with Crippen LogP contribution in [-0.2, 0) is 16.0 Å². The van der Waals surface area contributed by atoms with E-state index in [4.69, 9.17) is 4.74 Å². The summed E-state index contributed by atoms with van der Waals surface area (Å²) in [7, 11) is 1.58. The van der Waals surface area contributed by atoms with Crippen LogP contribution in [0.25, 0.3) is 16.7 Å². The highest BCUT2D eigenvalue weighted by atomic mass is 19.1. The van der Waals surface area contributed by atoms with Crippen LogP contribution in [0.4, 0.5) is 8.78 Å². The van der Waals surface area contributed by atoms with Crippen molar-refractivity contribution in [3.63, 3.8) is 0 Å². The Bertz CT molecular complexity index is 1510. The van der Waals surface area contributed by atoms with Gasteiger partial charge in [0.2, 0.25) is 0 Å². The number of carbonyl (C=O) groups is 2. The van der Waals surface area contributed by atoms with Crippen LogP contribution < -0.4 is 4.74 Å². The number of aliphatic hydroxyl groups excluding tert-OH is 1. The number of methoxy groups -OCH3 is 1. The number of carbonyl (C=O) groups excluding carboxylic acids is 2. The van der Waals surface area contributed by atoms with Crippen molar-refractivity contribution in [3.8, 4) is 5.75 Å². The lowest BCUT2D eigenvalue weighted by Crippen LogP contribution is -2.31. The Kier molecular flexibility index (Phi) is 6.01. The van der Waals surface area contributed by atoms with Gasteiger partial charge in [-0.15, -0.1) is 0 Å². The number of ether oxygens (including phenoxy) is 1. The molecule has 0 aliphatic carbocycles. The lowest BCUT2D eigenvalue weighted by molar-refractivity contribution is -0.139. The van der Waals surface area contributed by atoms with E-state index in [2.05, 4.69) is 4.98 Å². The van der Waals surface area contributed by atoms with Gasteiger partial charge >= 0.3 is 0 Å². The Labute approximate surface area is 205 Å². The number of halogens is 2. The molecule has 8 heteroatoms. The fourth-order valence-corrected chi connectivity index (χ4v) is 4.63. The number of aliphatic hydroxyl groups is 1. The minimum absolute atomic E-state index is 0.135. The average molecular weight is 488 g/mol. The molecule has 1 amide bonds. The van der Waals surface area contributed by atoms with Gasteiger partial charge < -0.3 is 19.7 Å². The first-order valence-corrected chi connectivity index (χ1v) is 11.3. The Hall–Kier alpha value is -4.46. The maximum Gasteiger partial charge on any atom is 0.295 e. The van der Waals surface area contributed by atoms with Gasteiger partial charge in [0.15, 0.2) is 0 Å². The third kappa shape index (κ3) is 4.11. The fourth-order valence-electron chi connectivity index (χ4n) is 4.63. The van der Waals surface area contributed by atoms with E-state index in [0.29, 0.717) is 17.7 Å². The highest BCUT2D eigenvalue weighted by molar-refractivity contribution is 6.46. The minimum Gasteiger partial charge on any atom is -0.507 e. The summed E-state index contributed by atoms with van der Waals surface area (Å²) in [5.74, 6) is -2.49. The topological polar surface area (TPSA) is 82.6 Å². The van der Waals surface area contributed by atoms with E-state index >= 15 is 0 Å². The first kappa shape index (κ1) is 23.3. The molecule has 4 aromatic rings. The van der Waals surface area contributed by atoms with Gasteiger partial charge in [-0.2, -0.15) is 0 Å². The SMILES string of the molecule is COc1ccc2[nH]cc(CCN3C(=O)C(=O)/C(=C(\O)c4ccc(F)cc4)C3c3cccc(F)c3)c2c1. The predicted octanol–water partition coefficient (Wildman–Crippen LogP) is 5.12. The number of aromatic amines is 1. The zero-order chi connectivity index (χ0) is 25.4. The molecule has 1 saturated heterocycles. The van der Waals surface area contributed by atoms with E-state index in [9.17, 15) is 23.5 Å². The number of Topliss-reactive ketones (excluding diaryl/α,β-unsaturated/α-hetero) is 1. The molecular weight excluding hydrogens is 466 g/mol. The number of hydrogen-bond donors (Lipinski definition) is 2. The molecule has 182 valence electrons. The summed E-state index contributed by atoms with van der Waals surface area (Å²) in [6, 6.07) is 15.1. The molecule has 6 nitrogen and oxygen atoms in total. The number of hydrogen-bond acceptors (Lipinski definition) is 4. The number of H-pyrrole nitrogens is 1. The second-order valence-corrected chi connectivity index (χ2v) is 8.53. The molecule has 0 spiro atoms. The number of ketones is 1. The van der Waals surface area contributed by atoms with Crippen LogP contribution >= 0.6 is 0 Å². The highest BCUT2D eigenvalue weighted by Crippen LogP contribution is 2.40. The standard InChI is InChI=1S/C28H22F2N2O4/c1-36-21-9-10-23-22(14-21)18(15-31-23)11-12-32-25(17-3-2-4-20(30)13-17)24(27(34)28(32)35)26(33)16-5-7-19(29)8-6-16/h2-10,13-15,25,31,33H,11-12H2,1H3/b26-24-. The van der Waals surface area contributed by atoms with Crippen LogP contribution in [0, 0.1) is 11.6 Å². The molecule has 1 aliphatic heterocycles. The molecule has 2 N–H and O–H groups in total. The van der Waals surface area contributed by atoms with Crippen molar-refractivity contribution in [1.82, 2.24) is 9.88 Å². The summed E-state index contributed by atoms with van der Waals surface area (Å²) in [6.45, 7) is 0.135. The molecule has 0 saturated carbocycles. The zero-order valence-corrected chi connectivity index (χ0v) is 19.3. The minimum atomic E-state index is -1.01. The van der Waals surface area contributed by atoms with Crippen molar-refractivity contribution in [2.24, 2.45) is 0 Å². The van der Waals surface area contributed by atoms with Gasteiger partial charge in [0.05, 0.1) is 18.7 Å². The van der Waals surface area contributed by atoms with E-state index in [0.717, 1.165) is 28.6 Å². The predicted molar refractivity (Wildman–Crippen MR) is 130 cm³/mol. The number of amides is 1. The lowest BCUT2D eigenvalue weighted by atomic mass is 9.95. The Morgan fingerprint density at radius 2 is 1.81 bits per heavy atom. The summed E-state index contributed by atoms with van der Waals surface area (Å²) in [4.78, 5) is 30.8. The van der Waals surface area contributed by atoms with E-state index in [1.54, 1.807) is 13.2 Å². The van der Waals surface area contributed by atoms with Crippen LogP contribution in [0.1, 0.15) is 22.7 Å². The van der Waals surface area contributed by atoms with Crippen LogP contribution in [0.5, 0.6) is 5.75 Å². The smallest absolute Gasteiger partial charge is 0.295 e. The summed E-state index contributed by atoms with van der Waals surface area (Å²) in [5.41, 5.74) is 2.16. The normalized spacial score (nSPS) is 17.2. The molecule has 1 aliphatic rings. The molecule has 2 heterocycles. The van der Waals surface area contributed by atoms with Gasteiger partial charge in [0, 0.05) is 29.2 Å². The first-order chi connectivity index (χ1) is 17.4. The van der Waals surface area contributed by atoms with Crippen molar-refractivity contribution < 1.29 is 28.2 Å². The maximum atomic E-state index is 14.2. The fraction of sp³-hybridized carbons (Fsp3) is 0.143. The molecule has 1 aromatic heterocycles. The van der Waals surface area contributed by atoms with Crippen molar-refractivity contribution in [3.05, 3.63) is 107 Å². The number of nitrogens with one attached hydrogen (secondary N) is 1. The van der Waals surface area contributed by atoms with E-state index in [1.807, 2.05) is 24.4 Å². The lowest BCUT2D eigenvalue weighted by Gasteiger charge is -2.25. The maximum absolute atomic E-state index is 14.2. The summed E-state index contributed by atoms with van der Waals surface area (Å²) >= 11 is 0. The first-order valence-electron chi connectivity index (χ1n) is 11.3. The number of aromatic nitrogens is 1. The van der Waals surface area contributed by atoms with E-state index in [-0.39, 0.29) is 17.7 Å². The van der Waals surface area contributed by atoms with Gasteiger partial charge in [-0.1, -0.05) is 12.1 Å². The van der Waals surface area contributed by atoms with Crippen LogP contribution in [0.3, 0.4) is 0 Å². The Morgan fingerprint density at radius 3 is 2.53 bits per heavy atom.